The summed E-state index contributed by atoms with van der Waals surface area (Å²) in [5.41, 5.74) is 0. The van der Waals surface area contributed by atoms with Gasteiger partial charge in [-0.05, 0) is 23.8 Å². The third-order valence-electron chi connectivity index (χ3n) is 2.29. The Kier molecular flexibility index (Phi) is 6.74. The van der Waals surface area contributed by atoms with E-state index < -0.39 is 17.8 Å². The Morgan fingerprint density at radius 1 is 1.53 bits per heavy atom. The van der Waals surface area contributed by atoms with Crippen LogP contribution in [-0.4, -0.2) is 29.4 Å². The first-order valence-electron chi connectivity index (χ1n) is 5.88. The summed E-state index contributed by atoms with van der Waals surface area (Å²) in [6.07, 6.45) is -0.0290. The van der Waals surface area contributed by atoms with Crippen LogP contribution in [0.15, 0.2) is 16.3 Å². The van der Waals surface area contributed by atoms with Gasteiger partial charge < -0.3 is 10.4 Å². The molecule has 0 bridgehead atoms. The predicted molar refractivity (Wildman–Crippen MR) is 74.0 cm³/mol. The van der Waals surface area contributed by atoms with E-state index in [0.717, 1.165) is 11.3 Å². The Morgan fingerprint density at radius 3 is 2.79 bits per heavy atom. The third kappa shape index (κ3) is 5.88. The molecule has 0 spiro atoms. The fourth-order valence-electron chi connectivity index (χ4n) is 1.57. The number of carbonyl (C=O) groups is 1. The molecule has 0 saturated carbocycles. The van der Waals surface area contributed by atoms with E-state index in [-0.39, 0.29) is 16.3 Å². The molecular weight excluding hydrogens is 292 g/mol. The molecule has 108 valence electrons. The van der Waals surface area contributed by atoms with Crippen molar-refractivity contribution in [3.05, 3.63) is 16.3 Å². The van der Waals surface area contributed by atoms with Gasteiger partial charge in [-0.25, -0.2) is 0 Å². The van der Waals surface area contributed by atoms with Gasteiger partial charge in [-0.3, -0.25) is 4.79 Å². The molecule has 1 unspecified atom stereocenters. The molecule has 1 atom stereocenters. The molecule has 1 aromatic rings. The maximum absolute atomic E-state index is 12.3. The van der Waals surface area contributed by atoms with E-state index in [4.69, 9.17) is 0 Å². The molecule has 1 rings (SSSR count). The number of aliphatic hydroxyl groups is 1. The maximum Gasteiger partial charge on any atom is 0.288 e. The SMILES string of the molecule is CC(C)CC(O)CNC(=O)c1sccc1SC(F)F. The second kappa shape index (κ2) is 7.81. The Balaban J connectivity index is 2.52. The number of thioether (sulfide) groups is 1. The molecule has 2 N–H and O–H groups in total. The molecular formula is C12H17F2NO2S2. The van der Waals surface area contributed by atoms with E-state index in [0.29, 0.717) is 24.1 Å². The summed E-state index contributed by atoms with van der Waals surface area (Å²) in [7, 11) is 0. The van der Waals surface area contributed by atoms with E-state index in [1.54, 1.807) is 5.38 Å². The van der Waals surface area contributed by atoms with Gasteiger partial charge in [0.05, 0.1) is 6.10 Å². The topological polar surface area (TPSA) is 49.3 Å². The standard InChI is InChI=1S/C12H17F2NO2S2/c1-7(2)5-8(16)6-15-11(17)10-9(3-4-18-10)19-12(13)14/h3-4,7-8,12,16H,5-6H2,1-2H3,(H,15,17). The number of amides is 1. The number of rotatable bonds is 7. The summed E-state index contributed by atoms with van der Waals surface area (Å²) in [6, 6.07) is 1.50. The number of aliphatic hydroxyl groups excluding tert-OH is 1. The predicted octanol–water partition coefficient (Wildman–Crippen LogP) is 3.20. The van der Waals surface area contributed by atoms with Gasteiger partial charge >= 0.3 is 0 Å². The summed E-state index contributed by atoms with van der Waals surface area (Å²) >= 11 is 1.48. The minimum absolute atomic E-state index is 0.133. The quantitative estimate of drug-likeness (QED) is 0.761. The molecule has 3 nitrogen and oxygen atoms in total. The molecule has 0 aliphatic carbocycles. The van der Waals surface area contributed by atoms with Crippen LogP contribution >= 0.6 is 23.1 Å². The molecule has 0 radical (unpaired) electrons. The smallest absolute Gasteiger partial charge is 0.288 e. The summed E-state index contributed by atoms with van der Waals surface area (Å²) in [4.78, 5) is 12.4. The second-order valence-electron chi connectivity index (χ2n) is 4.49. The number of carbonyl (C=O) groups excluding carboxylic acids is 1. The minimum Gasteiger partial charge on any atom is -0.391 e. The van der Waals surface area contributed by atoms with Crippen molar-refractivity contribution in [2.24, 2.45) is 5.92 Å². The fourth-order valence-corrected chi connectivity index (χ4v) is 3.19. The van der Waals surface area contributed by atoms with Crippen LogP contribution in [0.4, 0.5) is 8.78 Å². The highest BCUT2D eigenvalue weighted by molar-refractivity contribution is 7.99. The normalized spacial score (nSPS) is 13.0. The van der Waals surface area contributed by atoms with Crippen LogP contribution in [0.1, 0.15) is 29.9 Å². The molecule has 0 aromatic carbocycles. The van der Waals surface area contributed by atoms with Gasteiger partial charge in [-0.15, -0.1) is 11.3 Å². The van der Waals surface area contributed by atoms with Gasteiger partial charge in [0.15, 0.2) is 0 Å². The summed E-state index contributed by atoms with van der Waals surface area (Å²) < 4.78 is 24.6. The van der Waals surface area contributed by atoms with E-state index >= 15 is 0 Å². The molecule has 1 amide bonds. The van der Waals surface area contributed by atoms with Gasteiger partial charge in [0, 0.05) is 11.4 Å². The van der Waals surface area contributed by atoms with Gasteiger partial charge in [0.1, 0.15) is 4.88 Å². The van der Waals surface area contributed by atoms with Crippen molar-refractivity contribution in [2.45, 2.75) is 37.0 Å². The van der Waals surface area contributed by atoms with Crippen molar-refractivity contribution >= 4 is 29.0 Å². The lowest BCUT2D eigenvalue weighted by atomic mass is 10.1. The zero-order valence-corrected chi connectivity index (χ0v) is 12.4. The van der Waals surface area contributed by atoms with Crippen LogP contribution in [-0.2, 0) is 0 Å². The second-order valence-corrected chi connectivity index (χ2v) is 6.43. The van der Waals surface area contributed by atoms with Crippen LogP contribution in [0.2, 0.25) is 0 Å². The molecule has 1 aromatic heterocycles. The highest BCUT2D eigenvalue weighted by atomic mass is 32.2. The number of alkyl halides is 2. The van der Waals surface area contributed by atoms with Crippen LogP contribution < -0.4 is 5.32 Å². The van der Waals surface area contributed by atoms with Gasteiger partial charge in [0.2, 0.25) is 0 Å². The summed E-state index contributed by atoms with van der Waals surface area (Å²) in [6.45, 7) is 4.08. The Bertz CT molecular complexity index is 410. The first kappa shape index (κ1) is 16.4. The largest absolute Gasteiger partial charge is 0.391 e. The number of hydrogen-bond donors (Lipinski definition) is 2. The number of hydrogen-bond acceptors (Lipinski definition) is 4. The number of thiophene rings is 1. The van der Waals surface area contributed by atoms with E-state index in [1.165, 1.54) is 6.07 Å². The zero-order chi connectivity index (χ0) is 14.4. The fraction of sp³-hybridized carbons (Fsp3) is 0.583. The first-order valence-corrected chi connectivity index (χ1v) is 7.64. The van der Waals surface area contributed by atoms with E-state index in [2.05, 4.69) is 5.32 Å². The molecule has 0 aliphatic rings. The molecule has 1 heterocycles. The number of halogens is 2. The lowest BCUT2D eigenvalue weighted by Gasteiger charge is -2.13. The van der Waals surface area contributed by atoms with Crippen molar-refractivity contribution in [2.75, 3.05) is 6.54 Å². The highest BCUT2D eigenvalue weighted by Crippen LogP contribution is 2.31. The van der Waals surface area contributed by atoms with Gasteiger partial charge in [0.25, 0.3) is 11.7 Å². The lowest BCUT2D eigenvalue weighted by molar-refractivity contribution is 0.0901. The molecule has 19 heavy (non-hydrogen) atoms. The van der Waals surface area contributed by atoms with E-state index in [9.17, 15) is 18.7 Å². The Morgan fingerprint density at radius 2 is 2.21 bits per heavy atom. The first-order chi connectivity index (χ1) is 8.90. The molecule has 0 fully saturated rings. The highest BCUT2D eigenvalue weighted by Gasteiger charge is 2.18. The van der Waals surface area contributed by atoms with Crippen molar-refractivity contribution in [1.82, 2.24) is 5.32 Å². The number of nitrogens with one attached hydrogen (secondary N) is 1. The van der Waals surface area contributed by atoms with Crippen LogP contribution in [0.25, 0.3) is 0 Å². The van der Waals surface area contributed by atoms with Gasteiger partial charge in [-0.2, -0.15) is 8.78 Å². The zero-order valence-electron chi connectivity index (χ0n) is 10.7. The maximum atomic E-state index is 12.3. The molecule has 0 saturated heterocycles. The van der Waals surface area contributed by atoms with Crippen molar-refractivity contribution in [3.8, 4) is 0 Å². The van der Waals surface area contributed by atoms with Crippen LogP contribution in [0.5, 0.6) is 0 Å². The van der Waals surface area contributed by atoms with Gasteiger partial charge in [-0.1, -0.05) is 25.6 Å². The average molecular weight is 309 g/mol. The monoisotopic (exact) mass is 309 g/mol. The average Bonchev–Trinajstić information content (AvgIpc) is 2.72. The van der Waals surface area contributed by atoms with E-state index in [1.807, 2.05) is 13.8 Å². The minimum atomic E-state index is -2.55. The summed E-state index contributed by atoms with van der Waals surface area (Å²) in [5.74, 6) is -2.63. The van der Waals surface area contributed by atoms with Crippen LogP contribution in [0.3, 0.4) is 0 Å². The Hall–Kier alpha value is -0.660. The van der Waals surface area contributed by atoms with Crippen molar-refractivity contribution in [3.63, 3.8) is 0 Å². The van der Waals surface area contributed by atoms with Crippen LogP contribution in [0, 0.1) is 5.92 Å². The third-order valence-corrected chi connectivity index (χ3v) is 4.11. The molecule has 0 aliphatic heterocycles. The summed E-state index contributed by atoms with van der Waals surface area (Å²) in [5, 5.41) is 13.8. The Labute approximate surface area is 119 Å². The van der Waals surface area contributed by atoms with Crippen molar-refractivity contribution < 1.29 is 18.7 Å². The molecule has 7 heteroatoms. The van der Waals surface area contributed by atoms with Crippen molar-refractivity contribution in [1.29, 1.82) is 0 Å². The lowest BCUT2D eigenvalue weighted by Crippen LogP contribution is -2.32.